The number of hydrogen-bond donors (Lipinski definition) is 1. The molecule has 4 aromatic carbocycles. The number of amides is 1. The van der Waals surface area contributed by atoms with Crippen LogP contribution in [0.2, 0.25) is 15.1 Å². The molecule has 0 heterocycles. The minimum atomic E-state index is -0.339. The SMILES string of the molecule is O=C(N/N=C/c1cccc(OCc2ccc(Cl)cc2)c1)c1ccc(OCc2ccc(Cl)cc2Cl)cc1. The maximum Gasteiger partial charge on any atom is 0.271 e. The average Bonchev–Trinajstić information content (AvgIpc) is 2.88. The first kappa shape index (κ1) is 25.6. The molecule has 4 rings (SSSR count). The minimum Gasteiger partial charge on any atom is -0.489 e. The molecule has 1 amide bonds. The van der Waals surface area contributed by atoms with Crippen LogP contribution in [0, 0.1) is 0 Å². The lowest BCUT2D eigenvalue weighted by Crippen LogP contribution is -2.17. The van der Waals surface area contributed by atoms with Crippen molar-refractivity contribution in [2.24, 2.45) is 5.10 Å². The average molecular weight is 540 g/mol. The van der Waals surface area contributed by atoms with Crippen molar-refractivity contribution >= 4 is 46.9 Å². The molecule has 0 aliphatic rings. The molecule has 0 atom stereocenters. The van der Waals surface area contributed by atoms with Gasteiger partial charge < -0.3 is 9.47 Å². The molecule has 0 fully saturated rings. The molecule has 0 radical (unpaired) electrons. The van der Waals surface area contributed by atoms with E-state index >= 15 is 0 Å². The van der Waals surface area contributed by atoms with Gasteiger partial charge in [0, 0.05) is 26.2 Å². The van der Waals surface area contributed by atoms with Gasteiger partial charge in [-0.2, -0.15) is 5.10 Å². The zero-order chi connectivity index (χ0) is 25.3. The largest absolute Gasteiger partial charge is 0.489 e. The van der Waals surface area contributed by atoms with E-state index in [-0.39, 0.29) is 12.5 Å². The van der Waals surface area contributed by atoms with E-state index in [0.717, 1.165) is 16.7 Å². The maximum atomic E-state index is 12.4. The molecule has 8 heteroatoms. The van der Waals surface area contributed by atoms with Crippen molar-refractivity contribution in [2.45, 2.75) is 13.2 Å². The number of rotatable bonds is 9. The van der Waals surface area contributed by atoms with E-state index in [1.54, 1.807) is 42.6 Å². The Hall–Kier alpha value is -3.51. The fraction of sp³-hybridized carbons (Fsp3) is 0.0714. The number of nitrogens with one attached hydrogen (secondary N) is 1. The Balaban J connectivity index is 1.27. The predicted molar refractivity (Wildman–Crippen MR) is 145 cm³/mol. The van der Waals surface area contributed by atoms with E-state index in [1.165, 1.54) is 0 Å². The summed E-state index contributed by atoms with van der Waals surface area (Å²) in [5.41, 5.74) is 5.59. The van der Waals surface area contributed by atoms with Crippen LogP contribution in [0.5, 0.6) is 11.5 Å². The Kier molecular flexibility index (Phi) is 8.85. The van der Waals surface area contributed by atoms with E-state index in [9.17, 15) is 4.79 Å². The summed E-state index contributed by atoms with van der Waals surface area (Å²) in [7, 11) is 0. The zero-order valence-corrected chi connectivity index (χ0v) is 21.2. The summed E-state index contributed by atoms with van der Waals surface area (Å²) in [6, 6.07) is 26.9. The molecule has 36 heavy (non-hydrogen) atoms. The number of carbonyl (C=O) groups is 1. The Morgan fingerprint density at radius 1 is 0.778 bits per heavy atom. The Morgan fingerprint density at radius 2 is 1.50 bits per heavy atom. The zero-order valence-electron chi connectivity index (χ0n) is 19.0. The van der Waals surface area contributed by atoms with Gasteiger partial charge in [-0.15, -0.1) is 0 Å². The summed E-state index contributed by atoms with van der Waals surface area (Å²) in [6.07, 6.45) is 1.56. The standard InChI is InChI=1S/C28H21Cl3N2O3/c29-23-9-4-19(5-10-23)17-35-26-3-1-2-20(14-26)16-32-33-28(34)21-7-12-25(13-8-21)36-18-22-6-11-24(30)15-27(22)31/h1-16H,17-18H2,(H,33,34)/b32-16+. The van der Waals surface area contributed by atoms with Crippen molar-refractivity contribution in [3.63, 3.8) is 0 Å². The monoisotopic (exact) mass is 538 g/mol. The Morgan fingerprint density at radius 3 is 2.25 bits per heavy atom. The van der Waals surface area contributed by atoms with Crippen LogP contribution in [0.1, 0.15) is 27.0 Å². The summed E-state index contributed by atoms with van der Waals surface area (Å²) in [5.74, 6) is 0.959. The molecular formula is C28H21Cl3N2O3. The first-order valence-corrected chi connectivity index (χ1v) is 12.1. The van der Waals surface area contributed by atoms with E-state index in [2.05, 4.69) is 10.5 Å². The molecule has 0 saturated heterocycles. The van der Waals surface area contributed by atoms with Crippen molar-refractivity contribution < 1.29 is 14.3 Å². The van der Waals surface area contributed by atoms with Crippen LogP contribution in [0.3, 0.4) is 0 Å². The number of nitrogens with zero attached hydrogens (tertiary/aromatic N) is 1. The number of hydrazone groups is 1. The fourth-order valence-corrected chi connectivity index (χ4v) is 3.75. The normalized spacial score (nSPS) is 10.9. The van der Waals surface area contributed by atoms with Crippen molar-refractivity contribution in [1.82, 2.24) is 5.43 Å². The quantitative estimate of drug-likeness (QED) is 0.176. The molecule has 0 aromatic heterocycles. The van der Waals surface area contributed by atoms with Crippen molar-refractivity contribution in [3.05, 3.63) is 128 Å². The van der Waals surface area contributed by atoms with Gasteiger partial charge in [-0.1, -0.05) is 65.1 Å². The molecule has 5 nitrogen and oxygen atoms in total. The highest BCUT2D eigenvalue weighted by molar-refractivity contribution is 6.35. The lowest BCUT2D eigenvalue weighted by atomic mass is 10.2. The van der Waals surface area contributed by atoms with Crippen LogP contribution in [-0.4, -0.2) is 12.1 Å². The first-order chi connectivity index (χ1) is 17.5. The fourth-order valence-electron chi connectivity index (χ4n) is 3.16. The molecular weight excluding hydrogens is 519 g/mol. The molecule has 1 N–H and O–H groups in total. The second kappa shape index (κ2) is 12.5. The van der Waals surface area contributed by atoms with Crippen LogP contribution in [0.15, 0.2) is 96.1 Å². The van der Waals surface area contributed by atoms with Crippen molar-refractivity contribution in [1.29, 1.82) is 0 Å². The summed E-state index contributed by atoms with van der Waals surface area (Å²) < 4.78 is 11.6. The lowest BCUT2D eigenvalue weighted by Gasteiger charge is -2.09. The third-order valence-electron chi connectivity index (χ3n) is 5.08. The topological polar surface area (TPSA) is 59.9 Å². The van der Waals surface area contributed by atoms with Gasteiger partial charge in [-0.25, -0.2) is 5.43 Å². The van der Waals surface area contributed by atoms with Crippen LogP contribution in [0.25, 0.3) is 0 Å². The lowest BCUT2D eigenvalue weighted by molar-refractivity contribution is 0.0955. The highest BCUT2D eigenvalue weighted by Crippen LogP contribution is 2.23. The number of carbonyl (C=O) groups excluding carboxylic acids is 1. The van der Waals surface area contributed by atoms with E-state index in [4.69, 9.17) is 44.3 Å². The van der Waals surface area contributed by atoms with Gasteiger partial charge in [-0.3, -0.25) is 4.79 Å². The van der Waals surface area contributed by atoms with Crippen LogP contribution in [0.4, 0.5) is 0 Å². The van der Waals surface area contributed by atoms with Gasteiger partial charge in [0.05, 0.1) is 6.21 Å². The number of halogens is 3. The second-order valence-corrected chi connectivity index (χ2v) is 9.02. The highest BCUT2D eigenvalue weighted by atomic mass is 35.5. The number of ether oxygens (including phenoxy) is 2. The van der Waals surface area contributed by atoms with Crippen LogP contribution >= 0.6 is 34.8 Å². The summed E-state index contributed by atoms with van der Waals surface area (Å²) >= 11 is 18.0. The molecule has 0 saturated carbocycles. The number of hydrogen-bond acceptors (Lipinski definition) is 4. The van der Waals surface area contributed by atoms with Gasteiger partial charge in [0.1, 0.15) is 24.7 Å². The molecule has 182 valence electrons. The van der Waals surface area contributed by atoms with Gasteiger partial charge in [0.15, 0.2) is 0 Å². The van der Waals surface area contributed by atoms with E-state index in [0.29, 0.717) is 38.7 Å². The van der Waals surface area contributed by atoms with E-state index in [1.807, 2.05) is 54.6 Å². The minimum absolute atomic E-state index is 0.286. The molecule has 0 aliphatic heterocycles. The van der Waals surface area contributed by atoms with Crippen LogP contribution in [-0.2, 0) is 13.2 Å². The first-order valence-electron chi connectivity index (χ1n) is 10.9. The molecule has 0 bridgehead atoms. The predicted octanol–water partition coefficient (Wildman–Crippen LogP) is 7.57. The number of benzene rings is 4. The van der Waals surface area contributed by atoms with E-state index < -0.39 is 0 Å². The Labute approximate surface area is 224 Å². The smallest absolute Gasteiger partial charge is 0.271 e. The molecule has 4 aromatic rings. The second-order valence-electron chi connectivity index (χ2n) is 7.74. The molecule has 0 unspecified atom stereocenters. The van der Waals surface area contributed by atoms with Crippen molar-refractivity contribution in [3.8, 4) is 11.5 Å². The van der Waals surface area contributed by atoms with Crippen molar-refractivity contribution in [2.75, 3.05) is 0 Å². The third kappa shape index (κ3) is 7.49. The summed E-state index contributed by atoms with van der Waals surface area (Å²) in [5, 5.41) is 5.84. The molecule has 0 spiro atoms. The molecule has 0 aliphatic carbocycles. The van der Waals surface area contributed by atoms with Crippen LogP contribution < -0.4 is 14.9 Å². The van der Waals surface area contributed by atoms with Gasteiger partial charge in [0.25, 0.3) is 5.91 Å². The maximum absolute atomic E-state index is 12.4. The van der Waals surface area contributed by atoms with Gasteiger partial charge >= 0.3 is 0 Å². The summed E-state index contributed by atoms with van der Waals surface area (Å²) in [4.78, 5) is 12.4. The van der Waals surface area contributed by atoms with Gasteiger partial charge in [0.2, 0.25) is 0 Å². The van der Waals surface area contributed by atoms with Gasteiger partial charge in [-0.05, 0) is 71.8 Å². The third-order valence-corrected chi connectivity index (χ3v) is 5.92. The highest BCUT2D eigenvalue weighted by Gasteiger charge is 2.06. The Bertz CT molecular complexity index is 1360. The summed E-state index contributed by atoms with van der Waals surface area (Å²) in [6.45, 7) is 0.704.